The number of imidazole rings is 1. The molecule has 0 N–H and O–H groups in total. The van der Waals surface area contributed by atoms with Crippen molar-refractivity contribution in [2.45, 2.75) is 64.0 Å². The second kappa shape index (κ2) is 8.40. The zero-order valence-corrected chi connectivity index (χ0v) is 18.9. The Labute approximate surface area is 189 Å². The molecule has 32 heavy (non-hydrogen) atoms. The summed E-state index contributed by atoms with van der Waals surface area (Å²) < 4.78 is 13.8. The number of aromatic nitrogens is 2. The van der Waals surface area contributed by atoms with Gasteiger partial charge in [0.15, 0.2) is 5.69 Å². The molecule has 7 heteroatoms. The lowest BCUT2D eigenvalue weighted by atomic mass is 9.76. The number of rotatable bonds is 5. The Morgan fingerprint density at radius 2 is 2.12 bits per heavy atom. The van der Waals surface area contributed by atoms with E-state index in [4.69, 9.17) is 16.0 Å². The number of fused-ring (bicyclic) bond motifs is 1. The van der Waals surface area contributed by atoms with E-state index in [2.05, 4.69) is 21.3 Å². The number of hydrogen-bond acceptors (Lipinski definition) is 4. The van der Waals surface area contributed by atoms with Crippen molar-refractivity contribution in [2.24, 2.45) is 11.3 Å². The molecule has 2 atom stereocenters. The Morgan fingerprint density at radius 3 is 2.91 bits per heavy atom. The maximum Gasteiger partial charge on any atom is 0.410 e. The largest absolute Gasteiger partial charge is 0.441 e. The van der Waals surface area contributed by atoms with E-state index in [-0.39, 0.29) is 17.1 Å². The van der Waals surface area contributed by atoms with E-state index in [1.807, 2.05) is 29.4 Å². The summed E-state index contributed by atoms with van der Waals surface area (Å²) in [4.78, 5) is 22.9. The molecule has 2 saturated heterocycles. The molecular formula is C25H32N4O3. The van der Waals surface area contributed by atoms with E-state index in [0.717, 1.165) is 82.3 Å². The molecule has 3 fully saturated rings. The van der Waals surface area contributed by atoms with Crippen molar-refractivity contribution in [3.8, 4) is 0 Å². The third kappa shape index (κ3) is 3.97. The summed E-state index contributed by atoms with van der Waals surface area (Å²) in [5.74, 6) is 0.425. The minimum Gasteiger partial charge on any atom is -0.441 e. The average molecular weight is 437 g/mol. The van der Waals surface area contributed by atoms with E-state index in [1.54, 1.807) is 0 Å². The zero-order valence-electron chi connectivity index (χ0n) is 18.9. The molecule has 170 valence electrons. The van der Waals surface area contributed by atoms with E-state index < -0.39 is 0 Å². The van der Waals surface area contributed by atoms with Crippen LogP contribution in [0.5, 0.6) is 0 Å². The molecule has 0 bridgehead atoms. The number of carbonyl (C=O) groups is 1. The minimum absolute atomic E-state index is 0.139. The molecule has 0 radical (unpaired) electrons. The highest BCUT2D eigenvalue weighted by atomic mass is 16.6. The molecule has 2 aromatic rings. The molecule has 1 aromatic heterocycles. The number of benzene rings is 1. The first-order valence-electron chi connectivity index (χ1n) is 11.9. The quantitative estimate of drug-likeness (QED) is 0.606. The second-order valence-electron chi connectivity index (χ2n) is 10.0. The van der Waals surface area contributed by atoms with E-state index in [0.29, 0.717) is 18.2 Å². The third-order valence-electron chi connectivity index (χ3n) is 7.96. The first kappa shape index (κ1) is 21.3. The van der Waals surface area contributed by atoms with Gasteiger partial charge in [-0.2, -0.15) is 0 Å². The predicted molar refractivity (Wildman–Crippen MR) is 122 cm³/mol. The van der Waals surface area contributed by atoms with Gasteiger partial charge in [-0.1, -0.05) is 13.0 Å². The first-order valence-corrected chi connectivity index (χ1v) is 11.9. The number of hydrogen-bond donors (Lipinski definition) is 0. The highest BCUT2D eigenvalue weighted by molar-refractivity contribution is 5.79. The Kier molecular flexibility index (Phi) is 5.58. The molecule has 5 rings (SSSR count). The first-order chi connectivity index (χ1) is 15.5. The normalized spacial score (nSPS) is 27.6. The molecular weight excluding hydrogens is 404 g/mol. The van der Waals surface area contributed by atoms with Crippen LogP contribution in [0.4, 0.5) is 10.5 Å². The van der Waals surface area contributed by atoms with Gasteiger partial charge in [0.1, 0.15) is 5.60 Å². The fraction of sp³-hybridized carbons (Fsp3) is 0.640. The second-order valence-corrected chi connectivity index (χ2v) is 10.0. The lowest BCUT2D eigenvalue weighted by Gasteiger charge is -2.39. The van der Waals surface area contributed by atoms with Gasteiger partial charge in [0, 0.05) is 26.3 Å². The van der Waals surface area contributed by atoms with Crippen LogP contribution in [0.3, 0.4) is 0 Å². The minimum atomic E-state index is -0.363. The monoisotopic (exact) mass is 436 g/mol. The summed E-state index contributed by atoms with van der Waals surface area (Å²) in [6, 6.07) is 5.65. The summed E-state index contributed by atoms with van der Waals surface area (Å²) in [6.45, 7) is 13.4. The Balaban J connectivity index is 1.29. The maximum absolute atomic E-state index is 12.9. The van der Waals surface area contributed by atoms with Gasteiger partial charge < -0.3 is 18.9 Å². The molecule has 7 nitrogen and oxygen atoms in total. The van der Waals surface area contributed by atoms with Gasteiger partial charge >= 0.3 is 6.09 Å². The van der Waals surface area contributed by atoms with Gasteiger partial charge in [-0.3, -0.25) is 0 Å². The van der Waals surface area contributed by atoms with Crippen molar-refractivity contribution >= 4 is 22.8 Å². The summed E-state index contributed by atoms with van der Waals surface area (Å²) >= 11 is 0. The van der Waals surface area contributed by atoms with Crippen LogP contribution < -0.4 is 0 Å². The third-order valence-corrected chi connectivity index (χ3v) is 7.96. The summed E-state index contributed by atoms with van der Waals surface area (Å²) in [7, 11) is 0. The van der Waals surface area contributed by atoms with Crippen molar-refractivity contribution in [2.75, 3.05) is 26.3 Å². The van der Waals surface area contributed by atoms with Crippen molar-refractivity contribution < 1.29 is 14.3 Å². The average Bonchev–Trinajstić information content (AvgIpc) is 3.34. The smallest absolute Gasteiger partial charge is 0.410 e. The molecule has 1 spiro atoms. The van der Waals surface area contributed by atoms with E-state index in [1.165, 1.54) is 0 Å². The highest BCUT2D eigenvalue weighted by Gasteiger charge is 2.49. The topological polar surface area (TPSA) is 61.0 Å². The molecule has 1 aliphatic carbocycles. The molecule has 2 aliphatic heterocycles. The van der Waals surface area contributed by atoms with Crippen LogP contribution in [0, 0.1) is 17.9 Å². The molecule has 3 heterocycles. The van der Waals surface area contributed by atoms with Crippen molar-refractivity contribution in [1.82, 2.24) is 14.5 Å². The SMILES string of the molecule is [C-]#[N+]c1ccc2ncn(C[C@H]3CCC[C@]4(C3)CN(CC3(CC)CCOCC3)C(=O)O4)c2c1. The van der Waals surface area contributed by atoms with Gasteiger partial charge in [-0.15, -0.1) is 0 Å². The Bertz CT molecular complexity index is 1040. The number of amides is 1. The lowest BCUT2D eigenvalue weighted by molar-refractivity contribution is -0.00147. The van der Waals surface area contributed by atoms with Crippen LogP contribution in [0.25, 0.3) is 15.9 Å². The van der Waals surface area contributed by atoms with Gasteiger partial charge in [-0.25, -0.2) is 14.6 Å². The van der Waals surface area contributed by atoms with Crippen LogP contribution in [0.15, 0.2) is 24.5 Å². The van der Waals surface area contributed by atoms with Crippen LogP contribution >= 0.6 is 0 Å². The Morgan fingerprint density at radius 1 is 1.28 bits per heavy atom. The lowest BCUT2D eigenvalue weighted by Crippen LogP contribution is -2.44. The van der Waals surface area contributed by atoms with Gasteiger partial charge in [0.25, 0.3) is 0 Å². The molecule has 1 saturated carbocycles. The summed E-state index contributed by atoms with van der Waals surface area (Å²) in [5.41, 5.74) is 2.36. The fourth-order valence-corrected chi connectivity index (χ4v) is 6.02. The summed E-state index contributed by atoms with van der Waals surface area (Å²) in [6.07, 6.45) is 8.86. The fourth-order valence-electron chi connectivity index (χ4n) is 6.02. The van der Waals surface area contributed by atoms with Crippen LogP contribution in [-0.4, -0.2) is 52.4 Å². The van der Waals surface area contributed by atoms with Crippen molar-refractivity contribution in [3.05, 3.63) is 35.9 Å². The molecule has 0 unspecified atom stereocenters. The molecule has 3 aliphatic rings. The van der Waals surface area contributed by atoms with Gasteiger partial charge in [-0.05, 0) is 68.4 Å². The number of carbonyl (C=O) groups excluding carboxylic acids is 1. The Hall–Kier alpha value is -2.59. The number of ether oxygens (including phenoxy) is 2. The summed E-state index contributed by atoms with van der Waals surface area (Å²) in [5, 5.41) is 0. The van der Waals surface area contributed by atoms with Crippen molar-refractivity contribution in [1.29, 1.82) is 0 Å². The molecule has 1 aromatic carbocycles. The highest BCUT2D eigenvalue weighted by Crippen LogP contribution is 2.43. The van der Waals surface area contributed by atoms with E-state index >= 15 is 0 Å². The zero-order chi connectivity index (χ0) is 22.2. The van der Waals surface area contributed by atoms with Gasteiger partial charge in [0.2, 0.25) is 0 Å². The molecule has 1 amide bonds. The van der Waals surface area contributed by atoms with Crippen LogP contribution in [-0.2, 0) is 16.0 Å². The standard InChI is InChI=1S/C25H32N4O3/c1-3-24(9-11-31-12-10-24)16-29-17-25(32-23(29)30)8-4-5-19(14-25)15-28-18-27-21-7-6-20(26-2)13-22(21)28/h6-7,13,18-19H,3-5,8-12,14-17H2,1H3/t19-,25-/m0/s1. The van der Waals surface area contributed by atoms with Crippen LogP contribution in [0.2, 0.25) is 0 Å². The van der Waals surface area contributed by atoms with Crippen molar-refractivity contribution in [3.63, 3.8) is 0 Å². The van der Waals surface area contributed by atoms with E-state index in [9.17, 15) is 4.79 Å². The predicted octanol–water partition coefficient (Wildman–Crippen LogP) is 5.18. The number of nitrogens with zero attached hydrogens (tertiary/aromatic N) is 4. The maximum atomic E-state index is 12.9. The van der Waals surface area contributed by atoms with Crippen LogP contribution in [0.1, 0.15) is 51.9 Å². The van der Waals surface area contributed by atoms with Gasteiger partial charge in [0.05, 0.1) is 30.5 Å².